The van der Waals surface area contributed by atoms with Gasteiger partial charge in [0.05, 0.1) is 4.92 Å². The van der Waals surface area contributed by atoms with Crippen molar-refractivity contribution in [2.24, 2.45) is 5.92 Å². The summed E-state index contributed by atoms with van der Waals surface area (Å²) in [6.07, 6.45) is 1.94. The van der Waals surface area contributed by atoms with Crippen molar-refractivity contribution in [2.75, 3.05) is 0 Å². The highest BCUT2D eigenvalue weighted by atomic mass is 16.6. The Labute approximate surface area is 119 Å². The van der Waals surface area contributed by atoms with Gasteiger partial charge in [0.15, 0.2) is 0 Å². The molecule has 0 spiro atoms. The van der Waals surface area contributed by atoms with E-state index in [9.17, 15) is 14.9 Å². The lowest BCUT2D eigenvalue weighted by Crippen LogP contribution is -2.32. The molecule has 1 unspecified atom stereocenters. The molecular formula is C15H22N2O3. The lowest BCUT2D eigenvalue weighted by atomic mass is 10.0. The van der Waals surface area contributed by atoms with E-state index in [1.807, 2.05) is 6.92 Å². The number of hydrogen-bond donors (Lipinski definition) is 1. The third-order valence-corrected chi connectivity index (χ3v) is 3.22. The van der Waals surface area contributed by atoms with Crippen LogP contribution in [-0.4, -0.2) is 16.9 Å². The zero-order chi connectivity index (χ0) is 15.3. The van der Waals surface area contributed by atoms with Gasteiger partial charge in [-0.3, -0.25) is 14.9 Å². The van der Waals surface area contributed by atoms with Gasteiger partial charge in [0.25, 0.3) is 11.6 Å². The van der Waals surface area contributed by atoms with Gasteiger partial charge in [0.2, 0.25) is 0 Å². The van der Waals surface area contributed by atoms with Crippen molar-refractivity contribution < 1.29 is 9.72 Å². The van der Waals surface area contributed by atoms with Gasteiger partial charge in [-0.2, -0.15) is 0 Å². The second kappa shape index (κ2) is 7.03. The summed E-state index contributed by atoms with van der Waals surface area (Å²) in [4.78, 5) is 22.5. The van der Waals surface area contributed by atoms with Crippen LogP contribution in [0.5, 0.6) is 0 Å². The molecule has 0 aromatic heterocycles. The van der Waals surface area contributed by atoms with Gasteiger partial charge in [-0.25, -0.2) is 0 Å². The van der Waals surface area contributed by atoms with Crippen molar-refractivity contribution in [3.05, 3.63) is 39.4 Å². The van der Waals surface area contributed by atoms with E-state index in [1.54, 1.807) is 19.1 Å². The molecule has 0 aliphatic rings. The Morgan fingerprint density at radius 2 is 1.95 bits per heavy atom. The molecule has 1 aromatic rings. The van der Waals surface area contributed by atoms with E-state index in [2.05, 4.69) is 19.2 Å². The SMILES string of the molecule is Cc1ccc(C(=O)NC(C)CCC(C)C)cc1[N+](=O)[O-]. The standard InChI is InChI=1S/C15H22N2O3/c1-10(2)5-7-12(4)16-15(18)13-8-6-11(3)14(9-13)17(19)20/h6,8-10,12H,5,7H2,1-4H3,(H,16,18). The number of nitrogens with zero attached hydrogens (tertiary/aromatic N) is 1. The molecule has 5 heteroatoms. The minimum absolute atomic E-state index is 0.0208. The molecule has 110 valence electrons. The highest BCUT2D eigenvalue weighted by molar-refractivity contribution is 5.95. The zero-order valence-electron chi connectivity index (χ0n) is 12.5. The van der Waals surface area contributed by atoms with Crippen LogP contribution in [0, 0.1) is 23.0 Å². The molecule has 1 aromatic carbocycles. The molecule has 1 rings (SSSR count). The highest BCUT2D eigenvalue weighted by Crippen LogP contribution is 2.19. The molecule has 0 saturated heterocycles. The van der Waals surface area contributed by atoms with Crippen molar-refractivity contribution in [2.45, 2.75) is 46.6 Å². The number of amides is 1. The number of carbonyl (C=O) groups is 1. The Balaban J connectivity index is 2.73. The number of nitro groups is 1. The molecule has 20 heavy (non-hydrogen) atoms. The van der Waals surface area contributed by atoms with E-state index in [-0.39, 0.29) is 17.6 Å². The number of aryl methyl sites for hydroxylation is 1. The van der Waals surface area contributed by atoms with Gasteiger partial charge in [0, 0.05) is 23.2 Å². The molecule has 1 atom stereocenters. The minimum atomic E-state index is -0.464. The third-order valence-electron chi connectivity index (χ3n) is 3.22. The molecule has 0 radical (unpaired) electrons. The monoisotopic (exact) mass is 278 g/mol. The Kier molecular flexibility index (Phi) is 5.67. The summed E-state index contributed by atoms with van der Waals surface area (Å²) in [5, 5.41) is 13.7. The number of nitro benzene ring substituents is 1. The summed E-state index contributed by atoms with van der Waals surface area (Å²) in [5.41, 5.74) is 0.866. The van der Waals surface area contributed by atoms with Crippen LogP contribution in [0.25, 0.3) is 0 Å². The molecule has 0 aliphatic carbocycles. The summed E-state index contributed by atoms with van der Waals surface area (Å²) in [6.45, 7) is 7.88. The quantitative estimate of drug-likeness (QED) is 0.639. The number of hydrogen-bond acceptors (Lipinski definition) is 3. The van der Waals surface area contributed by atoms with Crippen molar-refractivity contribution in [1.29, 1.82) is 0 Å². The van der Waals surface area contributed by atoms with Gasteiger partial charge in [0.1, 0.15) is 0 Å². The van der Waals surface area contributed by atoms with Gasteiger partial charge in [-0.15, -0.1) is 0 Å². The van der Waals surface area contributed by atoms with E-state index in [0.29, 0.717) is 17.0 Å². The first-order valence-corrected chi connectivity index (χ1v) is 6.87. The van der Waals surface area contributed by atoms with Gasteiger partial charge >= 0.3 is 0 Å². The Morgan fingerprint density at radius 1 is 1.30 bits per heavy atom. The van der Waals surface area contributed by atoms with Crippen LogP contribution >= 0.6 is 0 Å². The number of carbonyl (C=O) groups excluding carboxylic acids is 1. The Bertz CT molecular complexity index is 498. The van der Waals surface area contributed by atoms with E-state index in [4.69, 9.17) is 0 Å². The fraction of sp³-hybridized carbons (Fsp3) is 0.533. The lowest BCUT2D eigenvalue weighted by Gasteiger charge is -2.15. The minimum Gasteiger partial charge on any atom is -0.350 e. The molecule has 5 nitrogen and oxygen atoms in total. The van der Waals surface area contributed by atoms with E-state index < -0.39 is 4.92 Å². The van der Waals surface area contributed by atoms with Crippen LogP contribution in [0.4, 0.5) is 5.69 Å². The topological polar surface area (TPSA) is 72.2 Å². The fourth-order valence-corrected chi connectivity index (χ4v) is 1.91. The molecule has 0 saturated carbocycles. The van der Waals surface area contributed by atoms with Crippen LogP contribution in [-0.2, 0) is 0 Å². The largest absolute Gasteiger partial charge is 0.350 e. The predicted octanol–water partition coefficient (Wildman–Crippen LogP) is 3.46. The second-order valence-corrected chi connectivity index (χ2v) is 5.60. The van der Waals surface area contributed by atoms with Gasteiger partial charge in [-0.1, -0.05) is 19.9 Å². The molecule has 0 fully saturated rings. The van der Waals surface area contributed by atoms with Crippen molar-refractivity contribution >= 4 is 11.6 Å². The van der Waals surface area contributed by atoms with Crippen molar-refractivity contribution in [1.82, 2.24) is 5.32 Å². The van der Waals surface area contributed by atoms with Crippen LogP contribution in [0.15, 0.2) is 18.2 Å². The normalized spacial score (nSPS) is 12.2. The second-order valence-electron chi connectivity index (χ2n) is 5.60. The summed E-state index contributed by atoms with van der Waals surface area (Å²) < 4.78 is 0. The molecule has 0 aliphatic heterocycles. The van der Waals surface area contributed by atoms with Crippen LogP contribution in [0.2, 0.25) is 0 Å². The zero-order valence-corrected chi connectivity index (χ0v) is 12.5. The van der Waals surface area contributed by atoms with Crippen molar-refractivity contribution in [3.63, 3.8) is 0 Å². The number of benzene rings is 1. The van der Waals surface area contributed by atoms with Crippen LogP contribution < -0.4 is 5.32 Å². The Morgan fingerprint density at radius 3 is 2.50 bits per heavy atom. The predicted molar refractivity (Wildman–Crippen MR) is 78.8 cm³/mol. The summed E-state index contributed by atoms with van der Waals surface area (Å²) in [6, 6.07) is 4.61. The third kappa shape index (κ3) is 4.64. The number of rotatable bonds is 6. The molecule has 1 amide bonds. The molecule has 0 bridgehead atoms. The van der Waals surface area contributed by atoms with Crippen LogP contribution in [0.1, 0.15) is 49.5 Å². The van der Waals surface area contributed by atoms with Gasteiger partial charge < -0.3 is 5.32 Å². The highest BCUT2D eigenvalue weighted by Gasteiger charge is 2.16. The summed E-state index contributed by atoms with van der Waals surface area (Å²) >= 11 is 0. The van der Waals surface area contributed by atoms with E-state index in [0.717, 1.165) is 12.8 Å². The maximum absolute atomic E-state index is 12.1. The Hall–Kier alpha value is -1.91. The van der Waals surface area contributed by atoms with Crippen molar-refractivity contribution in [3.8, 4) is 0 Å². The molecule has 1 N–H and O–H groups in total. The smallest absolute Gasteiger partial charge is 0.273 e. The molecular weight excluding hydrogens is 256 g/mol. The maximum Gasteiger partial charge on any atom is 0.273 e. The average molecular weight is 278 g/mol. The summed E-state index contributed by atoms with van der Waals surface area (Å²) in [5.74, 6) is 0.333. The van der Waals surface area contributed by atoms with Gasteiger partial charge in [-0.05, 0) is 38.7 Å². The van der Waals surface area contributed by atoms with E-state index >= 15 is 0 Å². The lowest BCUT2D eigenvalue weighted by molar-refractivity contribution is -0.385. The first-order chi connectivity index (χ1) is 9.31. The maximum atomic E-state index is 12.1. The molecule has 0 heterocycles. The number of nitrogens with one attached hydrogen (secondary N) is 1. The van der Waals surface area contributed by atoms with Crippen LogP contribution in [0.3, 0.4) is 0 Å². The first-order valence-electron chi connectivity index (χ1n) is 6.87. The van der Waals surface area contributed by atoms with E-state index in [1.165, 1.54) is 6.07 Å². The first kappa shape index (κ1) is 16.1. The summed E-state index contributed by atoms with van der Waals surface area (Å²) in [7, 11) is 0. The fourth-order valence-electron chi connectivity index (χ4n) is 1.91. The average Bonchev–Trinajstić information content (AvgIpc) is 2.36.